The topological polar surface area (TPSA) is 90.6 Å². The molecule has 2 unspecified atom stereocenters. The third-order valence-electron chi connectivity index (χ3n) is 4.34. The molecule has 0 radical (unpaired) electrons. The molecule has 1 rings (SSSR count). The Balaban J connectivity index is 2.92. The first kappa shape index (κ1) is 24.1. The zero-order valence-corrected chi connectivity index (χ0v) is 18.0. The molecule has 0 bridgehead atoms. The molecule has 152 valence electrons. The van der Waals surface area contributed by atoms with E-state index in [-0.39, 0.29) is 25.2 Å². The fourth-order valence-corrected chi connectivity index (χ4v) is 3.90. The first-order valence-corrected chi connectivity index (χ1v) is 10.3. The molecule has 0 aliphatic carbocycles. The van der Waals surface area contributed by atoms with Crippen LogP contribution in [0.25, 0.3) is 0 Å². The first-order chi connectivity index (χ1) is 13.2. The minimum atomic E-state index is -1.16. The van der Waals surface area contributed by atoms with Crippen LogP contribution in [0, 0.1) is 22.7 Å². The van der Waals surface area contributed by atoms with Crippen LogP contribution >= 0.6 is 24.0 Å². The van der Waals surface area contributed by atoms with Gasteiger partial charge in [0.1, 0.15) is 6.61 Å². The van der Waals surface area contributed by atoms with Gasteiger partial charge in [0.05, 0.1) is 21.6 Å². The summed E-state index contributed by atoms with van der Waals surface area (Å²) in [7, 11) is 3.73. The summed E-state index contributed by atoms with van der Waals surface area (Å²) in [4.78, 5) is 25.6. The molecule has 8 heteroatoms. The molecule has 0 saturated carbocycles. The van der Waals surface area contributed by atoms with Gasteiger partial charge < -0.3 is 14.7 Å². The summed E-state index contributed by atoms with van der Waals surface area (Å²) in [5, 5.41) is 18.7. The average Bonchev–Trinajstić information content (AvgIpc) is 2.66. The highest BCUT2D eigenvalue weighted by Crippen LogP contribution is 2.36. The van der Waals surface area contributed by atoms with Crippen molar-refractivity contribution in [3.63, 3.8) is 0 Å². The minimum absolute atomic E-state index is 0.0605. The normalized spacial score (nSPS) is 14.0. The van der Waals surface area contributed by atoms with Gasteiger partial charge in [0.25, 0.3) is 0 Å². The average molecular weight is 423 g/mol. The number of hydrogen-bond donors (Lipinski definition) is 1. The van der Waals surface area contributed by atoms with Gasteiger partial charge in [-0.3, -0.25) is 9.59 Å². The lowest BCUT2D eigenvalue weighted by atomic mass is 9.75. The number of carboxylic acid groups (broad SMARTS) is 1. The van der Waals surface area contributed by atoms with Crippen molar-refractivity contribution >= 4 is 40.1 Å². The van der Waals surface area contributed by atoms with Gasteiger partial charge in [-0.15, -0.1) is 11.8 Å². The second-order valence-electron chi connectivity index (χ2n) is 6.91. The predicted molar refractivity (Wildman–Crippen MR) is 114 cm³/mol. The molecular weight excluding hydrogens is 396 g/mol. The Morgan fingerprint density at radius 2 is 2.00 bits per heavy atom. The standard InChI is InChI=1S/C20H26N2O4S2/c1-20(14-21,10-9-17(23)24)16(18(25)26-12-11-22(2)3)13-28-19(27)15-7-5-4-6-8-15/h4-8,16H,9-13H2,1-3H3,(H,23,24). The third-order valence-corrected chi connectivity index (χ3v) is 5.93. The molecule has 6 nitrogen and oxygen atoms in total. The molecule has 28 heavy (non-hydrogen) atoms. The Morgan fingerprint density at radius 1 is 1.36 bits per heavy atom. The smallest absolute Gasteiger partial charge is 0.311 e. The lowest BCUT2D eigenvalue weighted by Gasteiger charge is -2.29. The number of nitriles is 1. The SMILES string of the molecule is CN(C)CCOC(=O)C(CSC(=S)c1ccccc1)C(C)(C#N)CCC(=O)O. The number of carboxylic acids is 1. The highest BCUT2D eigenvalue weighted by molar-refractivity contribution is 8.23. The van der Waals surface area contributed by atoms with E-state index in [1.807, 2.05) is 49.3 Å². The largest absolute Gasteiger partial charge is 0.481 e. The van der Waals surface area contributed by atoms with Gasteiger partial charge >= 0.3 is 11.9 Å². The molecule has 0 saturated heterocycles. The van der Waals surface area contributed by atoms with Crippen molar-refractivity contribution in [2.75, 3.05) is 33.0 Å². The van der Waals surface area contributed by atoms with Crippen LogP contribution in [-0.4, -0.2) is 59.1 Å². The summed E-state index contributed by atoms with van der Waals surface area (Å²) in [6.45, 7) is 2.38. The summed E-state index contributed by atoms with van der Waals surface area (Å²) in [6.07, 6.45) is -0.135. The number of thiocarbonyl (C=S) groups is 1. The molecular formula is C20H26N2O4S2. The Kier molecular flexibility index (Phi) is 10.1. The van der Waals surface area contributed by atoms with Crippen LogP contribution in [0.4, 0.5) is 0 Å². The van der Waals surface area contributed by atoms with E-state index in [2.05, 4.69) is 6.07 Å². The van der Waals surface area contributed by atoms with Crippen molar-refractivity contribution in [3.8, 4) is 6.07 Å². The molecule has 0 aliphatic rings. The molecule has 0 aromatic heterocycles. The van der Waals surface area contributed by atoms with Gasteiger partial charge in [-0.05, 0) is 33.0 Å². The predicted octanol–water partition coefficient (Wildman–Crippen LogP) is 3.21. The molecule has 0 fully saturated rings. The second kappa shape index (κ2) is 11.8. The van der Waals surface area contributed by atoms with Crippen molar-refractivity contribution in [2.24, 2.45) is 11.3 Å². The second-order valence-corrected chi connectivity index (χ2v) is 8.61. The van der Waals surface area contributed by atoms with Crippen LogP contribution in [0.3, 0.4) is 0 Å². The number of thioether (sulfide) groups is 1. The summed E-state index contributed by atoms with van der Waals surface area (Å²) < 4.78 is 5.99. The molecule has 0 spiro atoms. The number of benzene rings is 1. The molecule has 0 heterocycles. The van der Waals surface area contributed by atoms with E-state index in [1.165, 1.54) is 11.8 Å². The monoisotopic (exact) mass is 422 g/mol. The van der Waals surface area contributed by atoms with Gasteiger partial charge in [-0.1, -0.05) is 42.5 Å². The van der Waals surface area contributed by atoms with E-state index in [0.717, 1.165) is 5.56 Å². The first-order valence-electron chi connectivity index (χ1n) is 8.86. The number of hydrogen-bond acceptors (Lipinski definition) is 7. The Labute approximate surface area is 175 Å². The minimum Gasteiger partial charge on any atom is -0.481 e. The summed E-state index contributed by atoms with van der Waals surface area (Å²) >= 11 is 6.74. The fourth-order valence-electron chi connectivity index (χ4n) is 2.43. The molecule has 2 atom stereocenters. The van der Waals surface area contributed by atoms with Crippen molar-refractivity contribution in [1.82, 2.24) is 4.90 Å². The summed E-state index contributed by atoms with van der Waals surface area (Å²) in [6, 6.07) is 11.6. The maximum absolute atomic E-state index is 12.7. The van der Waals surface area contributed by atoms with Crippen molar-refractivity contribution in [2.45, 2.75) is 19.8 Å². The number of esters is 1. The summed E-state index contributed by atoms with van der Waals surface area (Å²) in [5.74, 6) is -2.04. The van der Waals surface area contributed by atoms with Crippen LogP contribution in [0.15, 0.2) is 30.3 Å². The van der Waals surface area contributed by atoms with Gasteiger partial charge in [0.15, 0.2) is 0 Å². The van der Waals surface area contributed by atoms with E-state index >= 15 is 0 Å². The van der Waals surface area contributed by atoms with E-state index < -0.39 is 23.3 Å². The number of nitrogens with zero attached hydrogens (tertiary/aromatic N) is 2. The Bertz CT molecular complexity index is 719. The van der Waals surface area contributed by atoms with Crippen LogP contribution < -0.4 is 0 Å². The van der Waals surface area contributed by atoms with Gasteiger partial charge in [-0.25, -0.2) is 0 Å². The fraction of sp³-hybridized carbons (Fsp3) is 0.500. The number of likely N-dealkylation sites (N-methyl/N-ethyl adjacent to an activating group) is 1. The summed E-state index contributed by atoms with van der Waals surface area (Å²) in [5.41, 5.74) is -0.293. The van der Waals surface area contributed by atoms with Crippen LogP contribution in [0.1, 0.15) is 25.3 Å². The number of carbonyl (C=O) groups is 2. The number of aliphatic carboxylic acids is 1. The number of carbonyl (C=O) groups excluding carboxylic acids is 1. The van der Waals surface area contributed by atoms with Crippen LogP contribution in [-0.2, 0) is 14.3 Å². The van der Waals surface area contributed by atoms with Gasteiger partial charge in [0, 0.05) is 18.7 Å². The zero-order valence-electron chi connectivity index (χ0n) is 16.4. The quantitative estimate of drug-likeness (QED) is 0.429. The maximum atomic E-state index is 12.7. The molecule has 1 N–H and O–H groups in total. The van der Waals surface area contributed by atoms with E-state index in [0.29, 0.717) is 10.7 Å². The zero-order chi connectivity index (χ0) is 21.2. The van der Waals surface area contributed by atoms with Gasteiger partial charge in [-0.2, -0.15) is 5.26 Å². The lowest BCUT2D eigenvalue weighted by molar-refractivity contribution is -0.152. The van der Waals surface area contributed by atoms with Crippen molar-refractivity contribution < 1.29 is 19.4 Å². The highest BCUT2D eigenvalue weighted by Gasteiger charge is 2.41. The lowest BCUT2D eigenvalue weighted by Crippen LogP contribution is -2.37. The number of rotatable bonds is 11. The van der Waals surface area contributed by atoms with E-state index in [1.54, 1.807) is 6.92 Å². The van der Waals surface area contributed by atoms with Crippen LogP contribution in [0.5, 0.6) is 0 Å². The highest BCUT2D eigenvalue weighted by atomic mass is 32.2. The van der Waals surface area contributed by atoms with Crippen molar-refractivity contribution in [1.29, 1.82) is 5.26 Å². The number of ether oxygens (including phenoxy) is 1. The maximum Gasteiger partial charge on any atom is 0.311 e. The third kappa shape index (κ3) is 7.97. The van der Waals surface area contributed by atoms with E-state index in [4.69, 9.17) is 22.1 Å². The van der Waals surface area contributed by atoms with Crippen LogP contribution in [0.2, 0.25) is 0 Å². The molecule has 1 aromatic carbocycles. The van der Waals surface area contributed by atoms with Crippen molar-refractivity contribution in [3.05, 3.63) is 35.9 Å². The molecule has 1 aromatic rings. The van der Waals surface area contributed by atoms with Gasteiger partial charge in [0.2, 0.25) is 0 Å². The molecule has 0 aliphatic heterocycles. The van der Waals surface area contributed by atoms with E-state index in [9.17, 15) is 14.9 Å². The molecule has 0 amide bonds. The Hall–Kier alpha value is -1.95. The Morgan fingerprint density at radius 3 is 2.54 bits per heavy atom.